The van der Waals surface area contributed by atoms with Gasteiger partial charge >= 0.3 is 0 Å². The Hall–Kier alpha value is -2.85. The van der Waals surface area contributed by atoms with Crippen molar-refractivity contribution in [3.05, 3.63) is 53.1 Å². The molecule has 0 radical (unpaired) electrons. The molecule has 2 aliphatic rings. The first kappa shape index (κ1) is 16.6. The van der Waals surface area contributed by atoms with Gasteiger partial charge in [-0.05, 0) is 55.2 Å². The molecule has 7 heteroatoms. The van der Waals surface area contributed by atoms with Gasteiger partial charge < -0.3 is 4.90 Å². The van der Waals surface area contributed by atoms with Crippen molar-refractivity contribution in [2.24, 2.45) is 0 Å². The smallest absolute Gasteiger partial charge is 0.261 e. The molecule has 1 N–H and O–H groups in total. The third-order valence-electron chi connectivity index (χ3n) is 4.99. The number of para-hydroxylation sites is 1. The van der Waals surface area contributed by atoms with Crippen molar-refractivity contribution in [1.82, 2.24) is 0 Å². The Bertz CT molecular complexity index is 1070. The van der Waals surface area contributed by atoms with Crippen LogP contribution >= 0.6 is 0 Å². The van der Waals surface area contributed by atoms with Crippen LogP contribution in [0.3, 0.4) is 0 Å². The fourth-order valence-corrected chi connectivity index (χ4v) is 4.86. The van der Waals surface area contributed by atoms with Crippen molar-refractivity contribution < 1.29 is 13.2 Å². The lowest BCUT2D eigenvalue weighted by atomic mass is 9.97. The maximum Gasteiger partial charge on any atom is 0.261 e. The van der Waals surface area contributed by atoms with Crippen LogP contribution in [0.1, 0.15) is 36.0 Å². The third kappa shape index (κ3) is 2.45. The second-order valence-electron chi connectivity index (χ2n) is 6.60. The predicted octanol–water partition coefficient (Wildman–Crippen LogP) is 2.76. The Kier molecular flexibility index (Phi) is 3.74. The minimum Gasteiger partial charge on any atom is -0.311 e. The Morgan fingerprint density at radius 1 is 1.27 bits per heavy atom. The van der Waals surface area contributed by atoms with Gasteiger partial charge in [-0.15, -0.1) is 0 Å². The number of anilines is 2. The molecule has 26 heavy (non-hydrogen) atoms. The number of carbonyl (C=O) groups excluding carboxylic acids is 1. The number of amides is 1. The van der Waals surface area contributed by atoms with Gasteiger partial charge in [0.2, 0.25) is 5.91 Å². The van der Waals surface area contributed by atoms with Crippen LogP contribution in [0.15, 0.2) is 41.3 Å². The highest BCUT2D eigenvalue weighted by Gasteiger charge is 2.38. The number of nitrogens with one attached hydrogen (secondary N) is 1. The van der Waals surface area contributed by atoms with E-state index in [-0.39, 0.29) is 28.0 Å². The molecule has 132 valence electrons. The first-order valence-electron chi connectivity index (χ1n) is 8.42. The zero-order chi connectivity index (χ0) is 18.5. The molecular formula is C19H17N3O3S. The summed E-state index contributed by atoms with van der Waals surface area (Å²) < 4.78 is 28.3. The van der Waals surface area contributed by atoms with Crippen molar-refractivity contribution in [3.63, 3.8) is 0 Å². The summed E-state index contributed by atoms with van der Waals surface area (Å²) in [7, 11) is -3.87. The molecule has 6 nitrogen and oxygen atoms in total. The normalized spacial score (nSPS) is 18.4. The zero-order valence-corrected chi connectivity index (χ0v) is 15.0. The second-order valence-corrected chi connectivity index (χ2v) is 8.28. The number of hydrogen-bond acceptors (Lipinski definition) is 4. The molecule has 0 saturated carbocycles. The summed E-state index contributed by atoms with van der Waals surface area (Å²) in [6.07, 6.45) is 1.57. The number of sulfonamides is 1. The van der Waals surface area contributed by atoms with Crippen molar-refractivity contribution in [3.8, 4) is 6.07 Å². The van der Waals surface area contributed by atoms with Crippen LogP contribution in [0, 0.1) is 11.3 Å². The van der Waals surface area contributed by atoms with Gasteiger partial charge in [0.25, 0.3) is 10.0 Å². The van der Waals surface area contributed by atoms with Crippen LogP contribution in [0.25, 0.3) is 0 Å². The Morgan fingerprint density at radius 2 is 2.04 bits per heavy atom. The minimum atomic E-state index is -3.87. The number of rotatable bonds is 3. The van der Waals surface area contributed by atoms with E-state index in [1.165, 1.54) is 0 Å². The largest absolute Gasteiger partial charge is 0.311 e. The van der Waals surface area contributed by atoms with Gasteiger partial charge in [0.05, 0.1) is 27.8 Å². The van der Waals surface area contributed by atoms with E-state index in [0.717, 1.165) is 29.7 Å². The molecule has 1 amide bonds. The first-order valence-corrected chi connectivity index (χ1v) is 9.91. The van der Waals surface area contributed by atoms with Crippen LogP contribution in [-0.2, 0) is 21.2 Å². The number of hydrogen-bond donors (Lipinski definition) is 1. The standard InChI is InChI=1S/C19H17N3O3S/c1-12-16-10-15(9-13-6-4-8-22(18(13)16)19(12)23)26(24,25)21-17-7-3-2-5-14(17)11-20/h2-3,5,7,9-10,12,21H,4,6,8H2,1H3. The molecule has 0 bridgehead atoms. The van der Waals surface area contributed by atoms with E-state index in [4.69, 9.17) is 5.26 Å². The maximum absolute atomic E-state index is 12.9. The van der Waals surface area contributed by atoms with Gasteiger partial charge in [-0.3, -0.25) is 9.52 Å². The van der Waals surface area contributed by atoms with E-state index in [1.54, 1.807) is 41.3 Å². The van der Waals surface area contributed by atoms with Crippen LogP contribution in [0.4, 0.5) is 11.4 Å². The maximum atomic E-state index is 12.9. The van der Waals surface area contributed by atoms with E-state index in [9.17, 15) is 13.2 Å². The van der Waals surface area contributed by atoms with Gasteiger partial charge in [0.15, 0.2) is 0 Å². The molecule has 2 heterocycles. The predicted molar refractivity (Wildman–Crippen MR) is 97.5 cm³/mol. The van der Waals surface area contributed by atoms with Crippen molar-refractivity contribution in [2.45, 2.75) is 30.6 Å². The highest BCUT2D eigenvalue weighted by Crippen LogP contribution is 2.44. The molecule has 0 aromatic heterocycles. The lowest BCUT2D eigenvalue weighted by molar-refractivity contribution is -0.119. The number of nitrogens with zero attached hydrogens (tertiary/aromatic N) is 2. The number of benzene rings is 2. The highest BCUT2D eigenvalue weighted by atomic mass is 32.2. The average molecular weight is 367 g/mol. The molecule has 1 unspecified atom stereocenters. The van der Waals surface area contributed by atoms with Gasteiger partial charge in [-0.2, -0.15) is 5.26 Å². The van der Waals surface area contributed by atoms with Gasteiger partial charge in [-0.25, -0.2) is 8.42 Å². The van der Waals surface area contributed by atoms with E-state index < -0.39 is 10.0 Å². The summed E-state index contributed by atoms with van der Waals surface area (Å²) in [5, 5.41) is 9.17. The summed E-state index contributed by atoms with van der Waals surface area (Å²) >= 11 is 0. The molecular weight excluding hydrogens is 350 g/mol. The summed E-state index contributed by atoms with van der Waals surface area (Å²) in [4.78, 5) is 14.3. The summed E-state index contributed by atoms with van der Waals surface area (Å²) in [6.45, 7) is 2.49. The van der Waals surface area contributed by atoms with Crippen molar-refractivity contribution in [1.29, 1.82) is 5.26 Å². The Morgan fingerprint density at radius 3 is 2.81 bits per heavy atom. The first-order chi connectivity index (χ1) is 12.4. The van der Waals surface area contributed by atoms with Gasteiger partial charge in [-0.1, -0.05) is 12.1 Å². The van der Waals surface area contributed by atoms with Gasteiger partial charge in [0, 0.05) is 6.54 Å². The lowest BCUT2D eigenvalue weighted by Crippen LogP contribution is -2.32. The second kappa shape index (κ2) is 5.85. The molecule has 2 aromatic carbocycles. The quantitative estimate of drug-likeness (QED) is 0.903. The van der Waals surface area contributed by atoms with Crippen LogP contribution < -0.4 is 9.62 Å². The zero-order valence-electron chi connectivity index (χ0n) is 14.2. The lowest BCUT2D eigenvalue weighted by Gasteiger charge is -2.26. The van der Waals surface area contributed by atoms with E-state index in [2.05, 4.69) is 4.72 Å². The third-order valence-corrected chi connectivity index (χ3v) is 6.34. The van der Waals surface area contributed by atoms with E-state index in [1.807, 2.05) is 13.0 Å². The van der Waals surface area contributed by atoms with Crippen LogP contribution in [0.2, 0.25) is 0 Å². The number of nitriles is 1. The minimum absolute atomic E-state index is 0.0262. The molecule has 0 fully saturated rings. The average Bonchev–Trinajstić information content (AvgIpc) is 2.88. The topological polar surface area (TPSA) is 90.3 Å². The number of aryl methyl sites for hydroxylation is 1. The molecule has 4 rings (SSSR count). The fourth-order valence-electron chi connectivity index (χ4n) is 3.69. The van der Waals surface area contributed by atoms with Crippen molar-refractivity contribution >= 4 is 27.3 Å². The van der Waals surface area contributed by atoms with Crippen molar-refractivity contribution in [2.75, 3.05) is 16.2 Å². The van der Waals surface area contributed by atoms with Crippen LogP contribution in [-0.4, -0.2) is 20.9 Å². The molecule has 0 spiro atoms. The van der Waals surface area contributed by atoms with Gasteiger partial charge in [0.1, 0.15) is 6.07 Å². The van der Waals surface area contributed by atoms with E-state index in [0.29, 0.717) is 6.54 Å². The van der Waals surface area contributed by atoms with Crippen LogP contribution in [0.5, 0.6) is 0 Å². The highest BCUT2D eigenvalue weighted by molar-refractivity contribution is 7.92. The fraction of sp³-hybridized carbons (Fsp3) is 0.263. The number of carbonyl (C=O) groups is 1. The Balaban J connectivity index is 1.80. The Labute approximate surface area is 152 Å². The SMILES string of the molecule is CC1C(=O)N2CCCc3cc(S(=O)(=O)Nc4ccccc4C#N)cc1c32. The monoisotopic (exact) mass is 367 g/mol. The molecule has 1 atom stereocenters. The van der Waals surface area contributed by atoms with E-state index >= 15 is 0 Å². The molecule has 2 aliphatic heterocycles. The summed E-state index contributed by atoms with van der Waals surface area (Å²) in [6, 6.07) is 11.7. The summed E-state index contributed by atoms with van der Waals surface area (Å²) in [5.74, 6) is -0.318. The summed E-state index contributed by atoms with van der Waals surface area (Å²) in [5.41, 5.74) is 3.04. The molecule has 0 aliphatic carbocycles. The molecule has 2 aromatic rings. The molecule has 0 saturated heterocycles.